The number of hydrogen-bond acceptors (Lipinski definition) is 6. The predicted octanol–water partition coefficient (Wildman–Crippen LogP) is 2.73. The Kier molecular flexibility index (Phi) is 5.74. The first kappa shape index (κ1) is 20.4. The number of anilines is 1. The first-order valence-corrected chi connectivity index (χ1v) is 11.6. The van der Waals surface area contributed by atoms with E-state index in [1.54, 1.807) is 24.3 Å². The Balaban J connectivity index is 1.60. The van der Waals surface area contributed by atoms with E-state index in [0.717, 1.165) is 36.0 Å². The van der Waals surface area contributed by atoms with Gasteiger partial charge in [-0.25, -0.2) is 9.79 Å². The molecule has 0 aliphatic carbocycles. The second-order valence-electron chi connectivity index (χ2n) is 7.44. The lowest BCUT2D eigenvalue weighted by molar-refractivity contribution is 0.0698. The van der Waals surface area contributed by atoms with E-state index >= 15 is 0 Å². The fourth-order valence-corrected chi connectivity index (χ4v) is 5.67. The highest BCUT2D eigenvalue weighted by Gasteiger charge is 2.30. The van der Waals surface area contributed by atoms with Gasteiger partial charge in [-0.15, -0.1) is 0 Å². The maximum Gasteiger partial charge on any atom is 0.337 e. The molecule has 0 bridgehead atoms. The number of aliphatic imine (C=N–C) groups is 1. The minimum Gasteiger partial charge on any atom is -0.478 e. The molecule has 4 rings (SSSR count). The van der Waals surface area contributed by atoms with Crippen LogP contribution in [0, 0.1) is 5.92 Å². The molecule has 0 spiro atoms. The number of pyridine rings is 1. The van der Waals surface area contributed by atoms with E-state index in [1.807, 2.05) is 0 Å². The summed E-state index contributed by atoms with van der Waals surface area (Å²) in [6.45, 7) is 1.88. The first-order chi connectivity index (χ1) is 14.5. The number of aliphatic hydroxyl groups excluding tert-OH is 1. The van der Waals surface area contributed by atoms with Crippen LogP contribution in [0.1, 0.15) is 33.7 Å². The van der Waals surface area contributed by atoms with Gasteiger partial charge in [0.25, 0.3) is 5.91 Å². The van der Waals surface area contributed by atoms with E-state index in [1.165, 1.54) is 12.3 Å². The van der Waals surface area contributed by atoms with Crippen LogP contribution in [0.5, 0.6) is 0 Å². The minimum atomic E-state index is -1.12. The van der Waals surface area contributed by atoms with Crippen molar-refractivity contribution in [1.29, 1.82) is 0 Å². The number of carboxylic acids is 1. The third-order valence-electron chi connectivity index (χ3n) is 5.53. The van der Waals surface area contributed by atoms with Crippen LogP contribution in [0.25, 0.3) is 0 Å². The average Bonchev–Trinajstić information content (AvgIpc) is 3.09. The summed E-state index contributed by atoms with van der Waals surface area (Å²) in [7, 11) is -0.759. The van der Waals surface area contributed by atoms with Gasteiger partial charge in [-0.3, -0.25) is 9.78 Å². The van der Waals surface area contributed by atoms with Crippen LogP contribution in [0.4, 0.5) is 11.4 Å². The maximum atomic E-state index is 12.5. The zero-order chi connectivity index (χ0) is 21.3. The van der Waals surface area contributed by atoms with Gasteiger partial charge >= 0.3 is 5.97 Å². The summed E-state index contributed by atoms with van der Waals surface area (Å²) < 4.78 is 0. The molecule has 1 aromatic heterocycles. The second-order valence-corrected chi connectivity index (χ2v) is 9.44. The number of likely N-dealkylation sites (tertiary alicyclic amines) is 1. The number of aliphatic hydroxyl groups is 1. The monoisotopic (exact) mass is 428 g/mol. The quantitative estimate of drug-likeness (QED) is 0.557. The summed E-state index contributed by atoms with van der Waals surface area (Å²) in [4.78, 5) is 36.3. The number of amides is 1. The van der Waals surface area contributed by atoms with Gasteiger partial charge in [0, 0.05) is 30.8 Å². The number of nitrogens with zero attached hydrogens (tertiary/aromatic N) is 3. The van der Waals surface area contributed by atoms with Crippen molar-refractivity contribution in [3.05, 3.63) is 47.8 Å². The van der Waals surface area contributed by atoms with Crippen molar-refractivity contribution < 1.29 is 19.8 Å². The molecule has 0 radical (unpaired) electrons. The molecule has 3 N–H and O–H groups in total. The number of thiol groups is 1. The van der Waals surface area contributed by atoms with E-state index in [4.69, 9.17) is 4.99 Å². The molecule has 3 heterocycles. The lowest BCUT2D eigenvalue weighted by atomic mass is 9.98. The van der Waals surface area contributed by atoms with E-state index in [9.17, 15) is 19.8 Å². The lowest BCUT2D eigenvalue weighted by Crippen LogP contribution is -2.38. The number of nitrogens with one attached hydrogen (secondary N) is 1. The molecule has 30 heavy (non-hydrogen) atoms. The molecule has 1 atom stereocenters. The van der Waals surface area contributed by atoms with Crippen LogP contribution >= 0.6 is 10.9 Å². The van der Waals surface area contributed by atoms with Gasteiger partial charge in [0.1, 0.15) is 10.9 Å². The number of benzene rings is 1. The smallest absolute Gasteiger partial charge is 0.337 e. The molecular formula is C21H24N4O4S. The fourth-order valence-electron chi connectivity index (χ4n) is 3.79. The molecule has 9 heteroatoms. The maximum absolute atomic E-state index is 12.5. The van der Waals surface area contributed by atoms with Crippen molar-refractivity contribution in [3.63, 3.8) is 0 Å². The van der Waals surface area contributed by atoms with Gasteiger partial charge in [-0.1, -0.05) is 6.07 Å². The van der Waals surface area contributed by atoms with Gasteiger partial charge in [0.15, 0.2) is 0 Å². The predicted molar refractivity (Wildman–Crippen MR) is 117 cm³/mol. The molecule has 2 aliphatic rings. The molecule has 1 aromatic carbocycles. The van der Waals surface area contributed by atoms with Crippen molar-refractivity contribution in [3.8, 4) is 0 Å². The second kappa shape index (κ2) is 8.45. The van der Waals surface area contributed by atoms with E-state index in [-0.39, 0.29) is 23.6 Å². The number of carbonyl (C=O) groups is 2. The Hall–Kier alpha value is -2.91. The Labute approximate surface area is 177 Å². The van der Waals surface area contributed by atoms with Gasteiger partial charge < -0.3 is 20.4 Å². The highest BCUT2D eigenvalue weighted by molar-refractivity contribution is 8.29. The first-order valence-electron chi connectivity index (χ1n) is 9.80. The van der Waals surface area contributed by atoms with Gasteiger partial charge in [-0.2, -0.15) is 10.9 Å². The number of carbonyl (C=O) groups excluding carboxylic acids is 1. The van der Waals surface area contributed by atoms with Crippen LogP contribution in [0.2, 0.25) is 0 Å². The SMILES string of the molecule is C[SH]1C(N2CCC(CO)CC2)=Nc2cc(C(=O)O)c(NC(=O)c3ccccn3)cc21. The third-order valence-corrected chi connectivity index (χ3v) is 7.59. The summed E-state index contributed by atoms with van der Waals surface area (Å²) in [6.07, 6.45) is 5.45. The van der Waals surface area contributed by atoms with Gasteiger partial charge in [0.2, 0.25) is 0 Å². The number of piperidine rings is 1. The Morgan fingerprint density at radius 1 is 1.27 bits per heavy atom. The molecule has 158 valence electrons. The standard InChI is InChI=1S/C21H24N4O4S/c1-30-18-11-16(23-19(27)15-4-2-3-7-22-15)14(20(28)29)10-17(18)24-21(30)25-8-5-13(12-26)6-9-25/h2-4,7,10-11,13,26,30H,5-6,8-9,12H2,1H3,(H,23,27)(H,28,29). The normalized spacial score (nSPS) is 19.9. The molecule has 8 nitrogen and oxygen atoms in total. The van der Waals surface area contributed by atoms with Crippen molar-refractivity contribution >= 4 is 39.3 Å². The van der Waals surface area contributed by atoms with E-state index in [2.05, 4.69) is 21.5 Å². The van der Waals surface area contributed by atoms with E-state index in [0.29, 0.717) is 11.6 Å². The number of hydrogen-bond donors (Lipinski definition) is 4. The largest absolute Gasteiger partial charge is 0.478 e. The highest BCUT2D eigenvalue weighted by atomic mass is 32.2. The summed E-state index contributed by atoms with van der Waals surface area (Å²) in [5.74, 6) is -1.24. The lowest BCUT2D eigenvalue weighted by Gasteiger charge is -2.34. The molecule has 1 saturated heterocycles. The summed E-state index contributed by atoms with van der Waals surface area (Å²) in [5, 5.41) is 22.7. The van der Waals surface area contributed by atoms with Crippen LogP contribution in [-0.2, 0) is 0 Å². The number of amidine groups is 1. The average molecular weight is 429 g/mol. The molecule has 2 aromatic rings. The van der Waals surface area contributed by atoms with Crippen molar-refractivity contribution in [1.82, 2.24) is 9.88 Å². The summed E-state index contributed by atoms with van der Waals surface area (Å²) in [5.41, 5.74) is 1.13. The molecule has 0 saturated carbocycles. The topological polar surface area (TPSA) is 115 Å². The Bertz CT molecular complexity index is 1000. The number of aromatic carboxylic acids is 1. The zero-order valence-corrected chi connectivity index (χ0v) is 17.5. The third kappa shape index (κ3) is 3.90. The Morgan fingerprint density at radius 2 is 2.03 bits per heavy atom. The number of aromatic nitrogens is 1. The van der Waals surface area contributed by atoms with Crippen molar-refractivity contribution in [2.75, 3.05) is 31.3 Å². The van der Waals surface area contributed by atoms with Crippen LogP contribution in [0.15, 0.2) is 46.4 Å². The molecule has 1 unspecified atom stereocenters. The fraction of sp³-hybridized carbons (Fsp3) is 0.333. The number of carboxylic acid groups (broad SMARTS) is 1. The number of rotatable bonds is 4. The summed E-state index contributed by atoms with van der Waals surface area (Å²) in [6, 6.07) is 8.27. The molecule has 1 amide bonds. The minimum absolute atomic E-state index is 0.00502. The molecular weight excluding hydrogens is 404 g/mol. The van der Waals surface area contributed by atoms with E-state index < -0.39 is 22.8 Å². The van der Waals surface area contributed by atoms with Crippen LogP contribution in [0.3, 0.4) is 0 Å². The zero-order valence-electron chi connectivity index (χ0n) is 16.6. The van der Waals surface area contributed by atoms with Crippen LogP contribution < -0.4 is 5.32 Å². The van der Waals surface area contributed by atoms with Crippen LogP contribution in [-0.4, -0.2) is 63.1 Å². The molecule has 2 aliphatic heterocycles. The Morgan fingerprint density at radius 3 is 2.67 bits per heavy atom. The van der Waals surface area contributed by atoms with Gasteiger partial charge in [0.05, 0.1) is 16.9 Å². The summed E-state index contributed by atoms with van der Waals surface area (Å²) >= 11 is 0. The van der Waals surface area contributed by atoms with Crippen molar-refractivity contribution in [2.45, 2.75) is 17.7 Å². The van der Waals surface area contributed by atoms with Crippen molar-refractivity contribution in [2.24, 2.45) is 10.9 Å². The number of fused-ring (bicyclic) bond motifs is 1. The van der Waals surface area contributed by atoms with Gasteiger partial charge in [-0.05, 0) is 49.3 Å². The highest BCUT2D eigenvalue weighted by Crippen LogP contribution is 2.50. The molecule has 1 fully saturated rings.